The normalized spacial score (nSPS) is 11.8. The Labute approximate surface area is 154 Å². The number of aryl methyl sites for hydroxylation is 1. The molecule has 0 saturated carbocycles. The first-order chi connectivity index (χ1) is 12.0. The monoisotopic (exact) mass is 361 g/mol. The van der Waals surface area contributed by atoms with Crippen LogP contribution >= 0.6 is 11.6 Å². The van der Waals surface area contributed by atoms with Gasteiger partial charge in [0.15, 0.2) is 0 Å². The summed E-state index contributed by atoms with van der Waals surface area (Å²) < 4.78 is 5.16. The number of hydrogen-bond acceptors (Lipinski definition) is 3. The fourth-order valence-corrected chi connectivity index (χ4v) is 2.86. The van der Waals surface area contributed by atoms with Gasteiger partial charge in [0.25, 0.3) is 0 Å². The molecule has 2 aromatic rings. The van der Waals surface area contributed by atoms with E-state index in [-0.39, 0.29) is 12.5 Å². The van der Waals surface area contributed by atoms with Crippen LogP contribution in [-0.2, 0) is 11.2 Å². The predicted octanol–water partition coefficient (Wildman–Crippen LogP) is 3.86. The lowest BCUT2D eigenvalue weighted by Gasteiger charge is -2.21. The van der Waals surface area contributed by atoms with Gasteiger partial charge in [-0.25, -0.2) is 0 Å². The number of aliphatic hydroxyl groups excluding tert-OH is 1. The first-order valence-corrected chi connectivity index (χ1v) is 8.68. The summed E-state index contributed by atoms with van der Waals surface area (Å²) in [4.78, 5) is 13.8. The van der Waals surface area contributed by atoms with Gasteiger partial charge < -0.3 is 14.7 Å². The number of carbonyl (C=O) groups is 1. The molecule has 25 heavy (non-hydrogen) atoms. The molecule has 1 unspecified atom stereocenters. The molecule has 0 bridgehead atoms. The van der Waals surface area contributed by atoms with E-state index in [9.17, 15) is 9.90 Å². The molecule has 134 valence electrons. The molecule has 0 aromatic heterocycles. The summed E-state index contributed by atoms with van der Waals surface area (Å²) in [6, 6.07) is 14.9. The number of nitrogens with zero attached hydrogens (tertiary/aromatic N) is 1. The Kier molecular flexibility index (Phi) is 7.29. The Balaban J connectivity index is 1.81. The molecule has 1 amide bonds. The number of hydrogen-bond donors (Lipinski definition) is 1. The highest BCUT2D eigenvalue weighted by Crippen LogP contribution is 2.20. The summed E-state index contributed by atoms with van der Waals surface area (Å²) in [5.74, 6) is 0.705. The summed E-state index contributed by atoms with van der Waals surface area (Å²) in [6.07, 6.45) is 1.25. The largest absolute Gasteiger partial charge is 0.497 e. The van der Waals surface area contributed by atoms with Crippen molar-refractivity contribution in [2.75, 3.05) is 20.7 Å². The molecule has 0 saturated heterocycles. The van der Waals surface area contributed by atoms with Crippen LogP contribution in [-0.4, -0.2) is 36.6 Å². The van der Waals surface area contributed by atoms with Crippen LogP contribution in [0.3, 0.4) is 0 Å². The second-order valence-corrected chi connectivity index (χ2v) is 6.49. The maximum atomic E-state index is 12.3. The lowest BCUT2D eigenvalue weighted by Crippen LogP contribution is -2.31. The number of carbonyl (C=O) groups excluding carboxylic acids is 1. The molecular weight excluding hydrogens is 338 g/mol. The number of halogens is 1. The zero-order chi connectivity index (χ0) is 18.2. The molecule has 0 aliphatic heterocycles. The van der Waals surface area contributed by atoms with Crippen LogP contribution < -0.4 is 4.74 Å². The molecule has 0 fully saturated rings. The van der Waals surface area contributed by atoms with E-state index >= 15 is 0 Å². The second-order valence-electron chi connectivity index (χ2n) is 6.05. The van der Waals surface area contributed by atoms with Crippen LogP contribution in [0.2, 0.25) is 5.02 Å². The number of rotatable bonds is 8. The van der Waals surface area contributed by atoms with Crippen molar-refractivity contribution in [3.63, 3.8) is 0 Å². The third-order valence-electron chi connectivity index (χ3n) is 4.10. The van der Waals surface area contributed by atoms with E-state index in [1.807, 2.05) is 42.5 Å². The van der Waals surface area contributed by atoms with E-state index in [4.69, 9.17) is 16.3 Å². The third-order valence-corrected chi connectivity index (χ3v) is 4.33. The molecule has 2 rings (SSSR count). The zero-order valence-electron chi connectivity index (χ0n) is 14.6. The van der Waals surface area contributed by atoms with Crippen molar-refractivity contribution in [2.45, 2.75) is 25.4 Å². The SMILES string of the molecule is COc1cccc(C(O)CN(C)C(=O)CCCc2cccc(Cl)c2)c1. The van der Waals surface area contributed by atoms with E-state index in [0.717, 1.165) is 24.0 Å². The number of amides is 1. The van der Waals surface area contributed by atoms with Crippen molar-refractivity contribution in [3.05, 3.63) is 64.7 Å². The molecule has 1 atom stereocenters. The Morgan fingerprint density at radius 3 is 2.72 bits per heavy atom. The van der Waals surface area contributed by atoms with Gasteiger partial charge in [-0.2, -0.15) is 0 Å². The molecule has 0 radical (unpaired) electrons. The van der Waals surface area contributed by atoms with Gasteiger partial charge >= 0.3 is 0 Å². The van der Waals surface area contributed by atoms with Gasteiger partial charge in [0.05, 0.1) is 19.8 Å². The topological polar surface area (TPSA) is 49.8 Å². The zero-order valence-corrected chi connectivity index (χ0v) is 15.4. The summed E-state index contributed by atoms with van der Waals surface area (Å²) in [7, 11) is 3.30. The number of likely N-dealkylation sites (N-methyl/N-ethyl adjacent to an activating group) is 1. The maximum absolute atomic E-state index is 12.3. The minimum absolute atomic E-state index is 0.0176. The highest BCUT2D eigenvalue weighted by Gasteiger charge is 2.15. The van der Waals surface area contributed by atoms with Crippen molar-refractivity contribution in [3.8, 4) is 5.75 Å². The minimum atomic E-state index is -0.739. The van der Waals surface area contributed by atoms with Crippen molar-refractivity contribution >= 4 is 17.5 Å². The van der Waals surface area contributed by atoms with Crippen molar-refractivity contribution in [1.82, 2.24) is 4.90 Å². The highest BCUT2D eigenvalue weighted by molar-refractivity contribution is 6.30. The van der Waals surface area contributed by atoms with Crippen molar-refractivity contribution in [2.24, 2.45) is 0 Å². The average Bonchev–Trinajstić information content (AvgIpc) is 2.61. The average molecular weight is 362 g/mol. The van der Waals surface area contributed by atoms with Gasteiger partial charge in [0.1, 0.15) is 5.75 Å². The fourth-order valence-electron chi connectivity index (χ4n) is 2.64. The van der Waals surface area contributed by atoms with Crippen LogP contribution in [0.25, 0.3) is 0 Å². The number of benzene rings is 2. The third kappa shape index (κ3) is 6.07. The van der Waals surface area contributed by atoms with Crippen LogP contribution in [0.4, 0.5) is 0 Å². The van der Waals surface area contributed by atoms with E-state index in [1.165, 1.54) is 0 Å². The number of ether oxygens (including phenoxy) is 1. The molecule has 4 nitrogen and oxygen atoms in total. The van der Waals surface area contributed by atoms with Gasteiger partial charge in [0.2, 0.25) is 5.91 Å². The Bertz CT molecular complexity index is 705. The molecule has 0 spiro atoms. The maximum Gasteiger partial charge on any atom is 0.222 e. The van der Waals surface area contributed by atoms with Crippen LogP contribution in [0.5, 0.6) is 5.75 Å². The lowest BCUT2D eigenvalue weighted by atomic mass is 10.1. The van der Waals surface area contributed by atoms with Gasteiger partial charge in [-0.05, 0) is 48.2 Å². The first kappa shape index (κ1) is 19.3. The summed E-state index contributed by atoms with van der Waals surface area (Å²) in [6.45, 7) is 0.253. The van der Waals surface area contributed by atoms with E-state index in [2.05, 4.69) is 0 Å². The molecule has 1 N–H and O–H groups in total. The second kappa shape index (κ2) is 9.44. The van der Waals surface area contributed by atoms with E-state index < -0.39 is 6.10 Å². The Morgan fingerprint density at radius 2 is 2.00 bits per heavy atom. The van der Waals surface area contributed by atoms with Crippen molar-refractivity contribution in [1.29, 1.82) is 0 Å². The molecule has 0 aliphatic rings. The van der Waals surface area contributed by atoms with Gasteiger partial charge in [-0.3, -0.25) is 4.79 Å². The highest BCUT2D eigenvalue weighted by atomic mass is 35.5. The van der Waals surface area contributed by atoms with E-state index in [0.29, 0.717) is 17.2 Å². The molecule has 5 heteroatoms. The standard InChI is InChI=1S/C20H24ClNO3/c1-22(14-19(23)16-8-5-10-18(13-16)25-2)20(24)11-4-7-15-6-3-9-17(21)12-15/h3,5-6,8-10,12-13,19,23H,4,7,11,14H2,1-2H3. The van der Waals surface area contributed by atoms with Crippen molar-refractivity contribution < 1.29 is 14.6 Å². The lowest BCUT2D eigenvalue weighted by molar-refractivity contribution is -0.131. The Hall–Kier alpha value is -2.04. The molecule has 0 heterocycles. The van der Waals surface area contributed by atoms with Gasteiger partial charge in [-0.1, -0.05) is 35.9 Å². The molecule has 0 aliphatic carbocycles. The quantitative estimate of drug-likeness (QED) is 0.776. The fraction of sp³-hybridized carbons (Fsp3) is 0.350. The Morgan fingerprint density at radius 1 is 1.24 bits per heavy atom. The summed E-state index contributed by atoms with van der Waals surface area (Å²) in [5.41, 5.74) is 1.86. The van der Waals surface area contributed by atoms with Gasteiger partial charge in [0, 0.05) is 18.5 Å². The first-order valence-electron chi connectivity index (χ1n) is 8.30. The minimum Gasteiger partial charge on any atom is -0.497 e. The summed E-state index contributed by atoms with van der Waals surface area (Å²) in [5, 5.41) is 11.0. The van der Waals surface area contributed by atoms with Crippen LogP contribution in [0.1, 0.15) is 30.1 Å². The summed E-state index contributed by atoms with van der Waals surface area (Å²) >= 11 is 5.96. The van der Waals surface area contributed by atoms with Crippen LogP contribution in [0.15, 0.2) is 48.5 Å². The number of methoxy groups -OCH3 is 1. The molecule has 2 aromatic carbocycles. The van der Waals surface area contributed by atoms with E-state index in [1.54, 1.807) is 25.1 Å². The number of aliphatic hydroxyl groups is 1. The van der Waals surface area contributed by atoms with Crippen LogP contribution in [0, 0.1) is 0 Å². The molecular formula is C20H24ClNO3. The van der Waals surface area contributed by atoms with Gasteiger partial charge in [-0.15, -0.1) is 0 Å². The predicted molar refractivity (Wildman–Crippen MR) is 100.0 cm³/mol. The smallest absolute Gasteiger partial charge is 0.222 e.